The minimum Gasteiger partial charge on any atom is -0.283 e. The number of aryl methyl sites for hydroxylation is 2. The number of fused-ring (bicyclic) bond motifs is 1. The van der Waals surface area contributed by atoms with Gasteiger partial charge in [-0.3, -0.25) is 14.8 Å². The second kappa shape index (κ2) is 8.28. The van der Waals surface area contributed by atoms with Gasteiger partial charge in [0, 0.05) is 10.8 Å². The molecule has 29 heavy (non-hydrogen) atoms. The summed E-state index contributed by atoms with van der Waals surface area (Å²) >= 11 is 3.07. The van der Waals surface area contributed by atoms with Crippen molar-refractivity contribution in [1.82, 2.24) is 20.2 Å². The zero-order valence-corrected chi connectivity index (χ0v) is 17.8. The highest BCUT2D eigenvalue weighted by molar-refractivity contribution is 7.99. The maximum absolute atomic E-state index is 13.2. The number of benzene rings is 1. The van der Waals surface area contributed by atoms with E-state index in [0.717, 1.165) is 29.4 Å². The molecular formula is C21H23N5OS2. The van der Waals surface area contributed by atoms with Crippen molar-refractivity contribution in [3.05, 3.63) is 52.3 Å². The number of thiazole rings is 1. The molecule has 150 valence electrons. The van der Waals surface area contributed by atoms with Crippen molar-refractivity contribution >= 4 is 34.1 Å². The summed E-state index contributed by atoms with van der Waals surface area (Å²) in [6.07, 6.45) is 6.86. The smallest absolute Gasteiger partial charge is 0.239 e. The molecule has 0 saturated heterocycles. The van der Waals surface area contributed by atoms with E-state index in [0.29, 0.717) is 23.4 Å². The molecular weight excluding hydrogens is 402 g/mol. The van der Waals surface area contributed by atoms with Crippen LogP contribution in [0.2, 0.25) is 0 Å². The van der Waals surface area contributed by atoms with Crippen molar-refractivity contribution in [2.24, 2.45) is 0 Å². The third-order valence-electron chi connectivity index (χ3n) is 5.32. The lowest BCUT2D eigenvalue weighted by Crippen LogP contribution is -2.32. The molecule has 1 aromatic carbocycles. The Labute approximate surface area is 178 Å². The lowest BCUT2D eigenvalue weighted by Gasteiger charge is -2.19. The first kappa shape index (κ1) is 18.8. The van der Waals surface area contributed by atoms with Gasteiger partial charge in [-0.25, -0.2) is 9.97 Å². The number of carbonyl (C=O) groups excluding carboxylic acids is 1. The first-order valence-corrected chi connectivity index (χ1v) is 11.9. The molecule has 3 aromatic rings. The van der Waals surface area contributed by atoms with Gasteiger partial charge >= 0.3 is 0 Å². The molecule has 0 bridgehead atoms. The van der Waals surface area contributed by atoms with Crippen molar-refractivity contribution in [3.8, 4) is 0 Å². The quantitative estimate of drug-likeness (QED) is 0.570. The summed E-state index contributed by atoms with van der Waals surface area (Å²) in [5.74, 6) is 1.83. The lowest BCUT2D eigenvalue weighted by atomic mass is 10.0. The fourth-order valence-electron chi connectivity index (χ4n) is 3.55. The standard InChI is InChI=1S/C21H23N5OS2/c27-18(13-28-20-23-19(24-25-20)15-10-11-15)26(12-14-6-2-1-3-7-14)21-22-16-8-4-5-9-17(16)29-21/h1-3,6-7,15H,4-5,8-13H2,(H,23,24,25). The van der Waals surface area contributed by atoms with Crippen LogP contribution in [0.5, 0.6) is 0 Å². The monoisotopic (exact) mass is 425 g/mol. The fourth-order valence-corrected chi connectivity index (χ4v) is 5.39. The molecule has 1 N–H and O–H groups in total. The number of H-pyrrole nitrogens is 1. The maximum atomic E-state index is 13.2. The number of hydrogen-bond donors (Lipinski definition) is 1. The highest BCUT2D eigenvalue weighted by atomic mass is 32.2. The van der Waals surface area contributed by atoms with Crippen molar-refractivity contribution in [2.75, 3.05) is 10.7 Å². The number of nitrogens with zero attached hydrogens (tertiary/aromatic N) is 4. The van der Waals surface area contributed by atoms with E-state index in [1.807, 2.05) is 23.1 Å². The predicted octanol–water partition coefficient (Wildman–Crippen LogP) is 4.34. The summed E-state index contributed by atoms with van der Waals surface area (Å²) in [5.41, 5.74) is 2.28. The van der Waals surface area contributed by atoms with E-state index in [-0.39, 0.29) is 5.91 Å². The van der Waals surface area contributed by atoms with Crippen LogP contribution < -0.4 is 4.90 Å². The predicted molar refractivity (Wildman–Crippen MR) is 115 cm³/mol. The average molecular weight is 426 g/mol. The van der Waals surface area contributed by atoms with Gasteiger partial charge in [0.2, 0.25) is 11.1 Å². The topological polar surface area (TPSA) is 74.8 Å². The molecule has 5 rings (SSSR count). The lowest BCUT2D eigenvalue weighted by molar-refractivity contribution is -0.116. The number of thioether (sulfide) groups is 1. The SMILES string of the molecule is O=C(CSc1n[nH]c(C2CC2)n1)N(Cc1ccccc1)c1nc2c(s1)CCCC2. The van der Waals surface area contributed by atoms with Gasteiger partial charge < -0.3 is 0 Å². The number of rotatable bonds is 7. The molecule has 1 saturated carbocycles. The molecule has 2 aliphatic rings. The van der Waals surface area contributed by atoms with Crippen LogP contribution in [0, 0.1) is 0 Å². The highest BCUT2D eigenvalue weighted by Gasteiger charge is 2.28. The van der Waals surface area contributed by atoms with E-state index in [2.05, 4.69) is 27.3 Å². The highest BCUT2D eigenvalue weighted by Crippen LogP contribution is 2.38. The Morgan fingerprint density at radius 3 is 2.79 bits per heavy atom. The van der Waals surface area contributed by atoms with Crippen LogP contribution in [0.3, 0.4) is 0 Å². The van der Waals surface area contributed by atoms with Crippen molar-refractivity contribution in [3.63, 3.8) is 0 Å². The zero-order chi connectivity index (χ0) is 19.6. The Morgan fingerprint density at radius 1 is 1.17 bits per heavy atom. The Hall–Kier alpha value is -2.19. The number of nitrogens with one attached hydrogen (secondary N) is 1. The third-order valence-corrected chi connectivity index (χ3v) is 7.33. The van der Waals surface area contributed by atoms with E-state index in [4.69, 9.17) is 4.98 Å². The molecule has 0 atom stereocenters. The van der Waals surface area contributed by atoms with Gasteiger partial charge in [0.25, 0.3) is 0 Å². The van der Waals surface area contributed by atoms with Gasteiger partial charge in [0.05, 0.1) is 18.0 Å². The Morgan fingerprint density at radius 2 is 2.00 bits per heavy atom. The first-order valence-electron chi connectivity index (χ1n) is 10.1. The summed E-state index contributed by atoms with van der Waals surface area (Å²) in [5, 5.41) is 8.74. The van der Waals surface area contributed by atoms with Gasteiger partial charge in [-0.2, -0.15) is 0 Å². The number of anilines is 1. The largest absolute Gasteiger partial charge is 0.283 e. The minimum absolute atomic E-state index is 0.0442. The molecule has 6 nitrogen and oxygen atoms in total. The van der Waals surface area contributed by atoms with Crippen molar-refractivity contribution in [2.45, 2.75) is 56.1 Å². The van der Waals surface area contributed by atoms with Crippen LogP contribution in [-0.2, 0) is 24.2 Å². The number of amides is 1. The van der Waals surface area contributed by atoms with Gasteiger partial charge in [0.15, 0.2) is 5.13 Å². The summed E-state index contributed by atoms with van der Waals surface area (Å²) in [6.45, 7) is 0.536. The Bertz CT molecular complexity index is 972. The van der Waals surface area contributed by atoms with E-state index in [1.54, 1.807) is 11.3 Å². The third kappa shape index (κ3) is 4.38. The second-order valence-corrected chi connectivity index (χ2v) is 9.61. The van der Waals surface area contributed by atoms with E-state index < -0.39 is 0 Å². The van der Waals surface area contributed by atoms with Gasteiger partial charge in [-0.15, -0.1) is 16.4 Å². The van der Waals surface area contributed by atoms with Gasteiger partial charge in [0.1, 0.15) is 5.82 Å². The Kier molecular flexibility index (Phi) is 5.37. The van der Waals surface area contributed by atoms with E-state index in [9.17, 15) is 4.79 Å². The van der Waals surface area contributed by atoms with Gasteiger partial charge in [-0.1, -0.05) is 42.1 Å². The molecule has 0 aliphatic heterocycles. The van der Waals surface area contributed by atoms with E-state index in [1.165, 1.54) is 48.0 Å². The van der Waals surface area contributed by atoms with Crippen molar-refractivity contribution in [1.29, 1.82) is 0 Å². The molecule has 2 heterocycles. The zero-order valence-electron chi connectivity index (χ0n) is 16.1. The Balaban J connectivity index is 1.33. The number of aromatic nitrogens is 4. The molecule has 0 spiro atoms. The number of hydrogen-bond acceptors (Lipinski definition) is 6. The number of carbonyl (C=O) groups is 1. The average Bonchev–Trinajstić information content (AvgIpc) is 3.34. The summed E-state index contributed by atoms with van der Waals surface area (Å²) in [4.78, 5) is 25.7. The normalized spacial score (nSPS) is 15.9. The molecule has 8 heteroatoms. The molecule has 1 amide bonds. The van der Waals surface area contributed by atoms with E-state index >= 15 is 0 Å². The molecule has 2 aromatic heterocycles. The molecule has 2 aliphatic carbocycles. The van der Waals surface area contributed by atoms with Crippen LogP contribution in [0.15, 0.2) is 35.5 Å². The second-order valence-electron chi connectivity index (χ2n) is 7.61. The van der Waals surface area contributed by atoms with Crippen LogP contribution in [0.1, 0.15) is 53.6 Å². The van der Waals surface area contributed by atoms with Crippen LogP contribution in [-0.4, -0.2) is 31.8 Å². The number of aromatic amines is 1. The summed E-state index contributed by atoms with van der Waals surface area (Å²) in [6, 6.07) is 10.1. The van der Waals surface area contributed by atoms with Gasteiger partial charge in [-0.05, 0) is 44.1 Å². The summed E-state index contributed by atoms with van der Waals surface area (Å²) in [7, 11) is 0. The summed E-state index contributed by atoms with van der Waals surface area (Å²) < 4.78 is 0. The molecule has 1 fully saturated rings. The fraction of sp³-hybridized carbons (Fsp3) is 0.429. The minimum atomic E-state index is 0.0442. The first-order chi connectivity index (χ1) is 14.3. The molecule has 0 unspecified atom stereocenters. The van der Waals surface area contributed by atoms with Crippen LogP contribution >= 0.6 is 23.1 Å². The van der Waals surface area contributed by atoms with Crippen LogP contribution in [0.25, 0.3) is 0 Å². The van der Waals surface area contributed by atoms with Crippen molar-refractivity contribution < 1.29 is 4.79 Å². The van der Waals surface area contributed by atoms with Crippen LogP contribution in [0.4, 0.5) is 5.13 Å². The maximum Gasteiger partial charge on any atom is 0.239 e. The molecule has 0 radical (unpaired) electrons.